The number of hydrogen-bond acceptors (Lipinski definition) is 7. The second-order valence-electron chi connectivity index (χ2n) is 6.88. The highest BCUT2D eigenvalue weighted by Crippen LogP contribution is 2.34. The number of oxazole rings is 1. The van der Waals surface area contributed by atoms with Crippen molar-refractivity contribution in [1.29, 1.82) is 0 Å². The lowest BCUT2D eigenvalue weighted by molar-refractivity contribution is 0.215. The normalized spacial score (nSPS) is 14.0. The molecule has 0 aliphatic carbocycles. The summed E-state index contributed by atoms with van der Waals surface area (Å²) in [6.07, 6.45) is 2.85. The number of rotatable bonds is 6. The molecule has 0 radical (unpaired) electrons. The number of hydrogen-bond donors (Lipinski definition) is 3. The Morgan fingerprint density at radius 2 is 1.97 bits per heavy atom. The average molecular weight is 396 g/mol. The Morgan fingerprint density at radius 1 is 1.17 bits per heavy atom. The lowest BCUT2D eigenvalue weighted by atomic mass is 10.1. The van der Waals surface area contributed by atoms with Crippen molar-refractivity contribution >= 4 is 34.6 Å². The first-order valence-corrected chi connectivity index (χ1v) is 9.81. The molecule has 1 fully saturated rings. The molecule has 152 valence electrons. The molecule has 0 unspecified atom stereocenters. The summed E-state index contributed by atoms with van der Waals surface area (Å²) in [5, 5.41) is 14.8. The van der Waals surface area contributed by atoms with E-state index in [-0.39, 0.29) is 6.61 Å². The largest absolute Gasteiger partial charge is 0.423 e. The summed E-state index contributed by atoms with van der Waals surface area (Å²) in [4.78, 5) is 19.1. The van der Waals surface area contributed by atoms with Crippen LogP contribution in [-0.4, -0.2) is 42.4 Å². The van der Waals surface area contributed by atoms with Crippen LogP contribution in [0.4, 0.5) is 22.2 Å². The van der Waals surface area contributed by atoms with Crippen LogP contribution in [-0.2, 0) is 0 Å². The maximum Gasteiger partial charge on any atom is 0.417 e. The SMILES string of the molecule is O=C(Nc1cc2oc(NCCO)nc2cc1N1CCCCC1)Oc1ccccc1. The fraction of sp³-hybridized carbons (Fsp3) is 0.333. The molecule has 0 bridgehead atoms. The number of aliphatic hydroxyl groups excluding tert-OH is 1. The van der Waals surface area contributed by atoms with Crippen molar-refractivity contribution in [3.8, 4) is 5.75 Å². The summed E-state index contributed by atoms with van der Waals surface area (Å²) in [6, 6.07) is 13.0. The predicted molar refractivity (Wildman–Crippen MR) is 112 cm³/mol. The topological polar surface area (TPSA) is 99.9 Å². The second-order valence-corrected chi connectivity index (χ2v) is 6.88. The minimum Gasteiger partial charge on any atom is -0.423 e. The van der Waals surface area contributed by atoms with Crippen LogP contribution >= 0.6 is 0 Å². The molecule has 29 heavy (non-hydrogen) atoms. The summed E-state index contributed by atoms with van der Waals surface area (Å²) < 4.78 is 11.1. The lowest BCUT2D eigenvalue weighted by Gasteiger charge is -2.30. The molecule has 8 nitrogen and oxygen atoms in total. The van der Waals surface area contributed by atoms with E-state index in [0.717, 1.165) is 31.6 Å². The Kier molecular flexibility index (Phi) is 5.81. The number of fused-ring (bicyclic) bond motifs is 1. The van der Waals surface area contributed by atoms with Crippen molar-refractivity contribution in [3.63, 3.8) is 0 Å². The van der Waals surface area contributed by atoms with E-state index in [1.807, 2.05) is 24.3 Å². The molecule has 4 rings (SSSR count). The van der Waals surface area contributed by atoms with Crippen LogP contribution in [0.15, 0.2) is 46.9 Å². The molecule has 1 amide bonds. The zero-order valence-electron chi connectivity index (χ0n) is 16.1. The van der Waals surface area contributed by atoms with Crippen LogP contribution in [0.5, 0.6) is 5.75 Å². The number of piperidine rings is 1. The number of anilines is 3. The molecule has 0 spiro atoms. The first-order valence-electron chi connectivity index (χ1n) is 9.81. The standard InChI is InChI=1S/C21H24N4O4/c26-12-9-22-20-23-17-13-18(25-10-5-2-6-11-25)16(14-19(17)29-20)24-21(27)28-15-7-3-1-4-8-15/h1,3-4,7-8,13-14,26H,2,5-6,9-12H2,(H,22,23)(H,24,27). The van der Waals surface area contributed by atoms with Crippen molar-refractivity contribution < 1.29 is 19.1 Å². The van der Waals surface area contributed by atoms with Crippen molar-refractivity contribution in [2.45, 2.75) is 19.3 Å². The van der Waals surface area contributed by atoms with Gasteiger partial charge in [-0.15, -0.1) is 0 Å². The van der Waals surface area contributed by atoms with Crippen LogP contribution in [0, 0.1) is 0 Å². The van der Waals surface area contributed by atoms with Gasteiger partial charge in [-0.05, 0) is 37.5 Å². The molecular weight excluding hydrogens is 372 g/mol. The zero-order chi connectivity index (χ0) is 20.1. The minimum absolute atomic E-state index is 0.0180. The van der Waals surface area contributed by atoms with Crippen LogP contribution in [0.3, 0.4) is 0 Å². The number of para-hydroxylation sites is 1. The third-order valence-electron chi connectivity index (χ3n) is 4.78. The minimum atomic E-state index is -0.563. The van der Waals surface area contributed by atoms with E-state index in [0.29, 0.717) is 35.1 Å². The van der Waals surface area contributed by atoms with Crippen LogP contribution in [0.25, 0.3) is 11.1 Å². The number of aliphatic hydroxyl groups is 1. The third kappa shape index (κ3) is 4.60. The molecule has 1 saturated heterocycles. The van der Waals surface area contributed by atoms with E-state index in [4.69, 9.17) is 14.3 Å². The summed E-state index contributed by atoms with van der Waals surface area (Å²) in [7, 11) is 0. The van der Waals surface area contributed by atoms with Gasteiger partial charge < -0.3 is 24.5 Å². The molecule has 2 heterocycles. The van der Waals surface area contributed by atoms with E-state index in [9.17, 15) is 4.79 Å². The summed E-state index contributed by atoms with van der Waals surface area (Å²) in [5.74, 6) is 0.473. The molecule has 1 aromatic heterocycles. The Morgan fingerprint density at radius 3 is 2.72 bits per heavy atom. The number of aromatic nitrogens is 1. The van der Waals surface area contributed by atoms with Gasteiger partial charge in [0.1, 0.15) is 11.3 Å². The molecule has 3 aromatic rings. The second kappa shape index (κ2) is 8.83. The maximum absolute atomic E-state index is 12.5. The highest BCUT2D eigenvalue weighted by Gasteiger charge is 2.20. The van der Waals surface area contributed by atoms with Crippen molar-refractivity contribution in [2.24, 2.45) is 0 Å². The Bertz CT molecular complexity index is 967. The summed E-state index contributed by atoms with van der Waals surface area (Å²) in [5.41, 5.74) is 2.74. The van der Waals surface area contributed by atoms with Crippen molar-refractivity contribution in [1.82, 2.24) is 4.98 Å². The Balaban J connectivity index is 1.62. The fourth-order valence-electron chi connectivity index (χ4n) is 3.43. The van der Waals surface area contributed by atoms with Gasteiger partial charge in [0.2, 0.25) is 0 Å². The molecule has 2 aromatic carbocycles. The van der Waals surface area contributed by atoms with E-state index in [1.54, 1.807) is 18.2 Å². The van der Waals surface area contributed by atoms with Crippen molar-refractivity contribution in [3.05, 3.63) is 42.5 Å². The van der Waals surface area contributed by atoms with E-state index >= 15 is 0 Å². The van der Waals surface area contributed by atoms with Crippen LogP contribution in [0.1, 0.15) is 19.3 Å². The van der Waals surface area contributed by atoms with E-state index in [2.05, 4.69) is 20.5 Å². The Labute approximate surface area is 168 Å². The maximum atomic E-state index is 12.5. The number of benzene rings is 2. The average Bonchev–Trinajstić information content (AvgIpc) is 3.14. The van der Waals surface area contributed by atoms with Gasteiger partial charge in [-0.2, -0.15) is 4.98 Å². The third-order valence-corrected chi connectivity index (χ3v) is 4.78. The fourth-order valence-corrected chi connectivity index (χ4v) is 3.43. The van der Waals surface area contributed by atoms with Gasteiger partial charge >= 0.3 is 6.09 Å². The molecule has 0 atom stereocenters. The molecule has 0 saturated carbocycles. The van der Waals surface area contributed by atoms with Gasteiger partial charge in [0.05, 0.1) is 18.0 Å². The summed E-state index contributed by atoms with van der Waals surface area (Å²) >= 11 is 0. The lowest BCUT2D eigenvalue weighted by Crippen LogP contribution is -2.30. The number of nitrogens with one attached hydrogen (secondary N) is 2. The van der Waals surface area contributed by atoms with Gasteiger partial charge in [0.25, 0.3) is 6.01 Å². The number of carbonyl (C=O) groups excluding carboxylic acids is 1. The predicted octanol–water partition coefficient (Wildman–Crippen LogP) is 3.83. The molecular formula is C21H24N4O4. The number of ether oxygens (including phenoxy) is 1. The number of carbonyl (C=O) groups is 1. The molecule has 1 aliphatic rings. The number of amides is 1. The van der Waals surface area contributed by atoms with Gasteiger partial charge in [0, 0.05) is 25.7 Å². The van der Waals surface area contributed by atoms with Gasteiger partial charge in [-0.25, -0.2) is 4.79 Å². The first kappa shape index (κ1) is 19.1. The van der Waals surface area contributed by atoms with Crippen LogP contribution in [0.2, 0.25) is 0 Å². The Hall–Kier alpha value is -3.26. The zero-order valence-corrected chi connectivity index (χ0v) is 16.1. The van der Waals surface area contributed by atoms with Crippen molar-refractivity contribution in [2.75, 3.05) is 41.8 Å². The smallest absolute Gasteiger partial charge is 0.417 e. The molecule has 3 N–H and O–H groups in total. The molecule has 1 aliphatic heterocycles. The van der Waals surface area contributed by atoms with E-state index in [1.165, 1.54) is 6.42 Å². The van der Waals surface area contributed by atoms with E-state index < -0.39 is 6.09 Å². The number of nitrogens with zero attached hydrogens (tertiary/aromatic N) is 2. The summed E-state index contributed by atoms with van der Waals surface area (Å²) in [6.45, 7) is 2.17. The monoisotopic (exact) mass is 396 g/mol. The highest BCUT2D eigenvalue weighted by molar-refractivity contribution is 5.96. The highest BCUT2D eigenvalue weighted by atomic mass is 16.6. The quantitative estimate of drug-likeness (QED) is 0.582. The van der Waals surface area contributed by atoms with Gasteiger partial charge in [-0.1, -0.05) is 18.2 Å². The van der Waals surface area contributed by atoms with Gasteiger partial charge in [-0.3, -0.25) is 5.32 Å². The molecule has 8 heteroatoms. The van der Waals surface area contributed by atoms with Crippen LogP contribution < -0.4 is 20.3 Å². The first-order chi connectivity index (χ1) is 14.2. The van der Waals surface area contributed by atoms with Gasteiger partial charge in [0.15, 0.2) is 5.58 Å².